The van der Waals surface area contributed by atoms with Crippen LogP contribution in [0, 0.1) is 18.3 Å². The van der Waals surface area contributed by atoms with Gasteiger partial charge in [-0.25, -0.2) is 4.98 Å². The van der Waals surface area contributed by atoms with E-state index in [1.807, 2.05) is 12.1 Å². The number of hydrogen-bond acceptors (Lipinski definition) is 4. The normalized spacial score (nSPS) is 16.9. The molecule has 100 valence electrons. The Morgan fingerprint density at radius 1 is 1.45 bits per heavy atom. The van der Waals surface area contributed by atoms with Crippen LogP contribution in [0.4, 0.5) is 5.69 Å². The second kappa shape index (κ2) is 4.38. The molecule has 0 bridgehead atoms. The van der Waals surface area contributed by atoms with Crippen molar-refractivity contribution in [2.45, 2.75) is 20.0 Å². The molecule has 0 aliphatic carbocycles. The van der Waals surface area contributed by atoms with Crippen molar-refractivity contribution >= 4 is 11.6 Å². The summed E-state index contributed by atoms with van der Waals surface area (Å²) in [6, 6.07) is 7.43. The highest BCUT2D eigenvalue weighted by Gasteiger charge is 2.24. The number of rotatable bonds is 1. The van der Waals surface area contributed by atoms with Crippen LogP contribution < -0.4 is 10.1 Å². The minimum atomic E-state index is -0.502. The highest BCUT2D eigenvalue weighted by atomic mass is 16.5. The molecular formula is C14H12N4O2. The molecule has 2 N–H and O–H groups in total. The number of H-pyrrole nitrogens is 1. The largest absolute Gasteiger partial charge is 0.479 e. The van der Waals surface area contributed by atoms with Gasteiger partial charge in [0.25, 0.3) is 5.91 Å². The van der Waals surface area contributed by atoms with E-state index in [0.29, 0.717) is 28.6 Å². The van der Waals surface area contributed by atoms with E-state index in [0.717, 1.165) is 5.56 Å². The van der Waals surface area contributed by atoms with Crippen LogP contribution in [0.15, 0.2) is 18.2 Å². The molecular weight excluding hydrogens is 256 g/mol. The summed E-state index contributed by atoms with van der Waals surface area (Å²) in [5, 5.41) is 11.9. The Bertz CT molecular complexity index is 742. The van der Waals surface area contributed by atoms with Gasteiger partial charge < -0.3 is 15.0 Å². The first kappa shape index (κ1) is 12.2. The Kier molecular flexibility index (Phi) is 2.68. The van der Waals surface area contributed by atoms with E-state index in [4.69, 9.17) is 10.00 Å². The molecule has 1 aliphatic rings. The third-order valence-corrected chi connectivity index (χ3v) is 3.13. The van der Waals surface area contributed by atoms with Gasteiger partial charge in [0.1, 0.15) is 17.6 Å². The number of carbonyl (C=O) groups is 1. The highest BCUT2D eigenvalue weighted by Crippen LogP contribution is 2.34. The third-order valence-electron chi connectivity index (χ3n) is 3.13. The van der Waals surface area contributed by atoms with Gasteiger partial charge in [-0.1, -0.05) is 0 Å². The molecule has 0 fully saturated rings. The minimum Gasteiger partial charge on any atom is -0.479 e. The first-order valence-electron chi connectivity index (χ1n) is 6.17. The van der Waals surface area contributed by atoms with Crippen molar-refractivity contribution in [3.63, 3.8) is 0 Å². The number of ether oxygens (including phenoxy) is 1. The standard InChI is InChI=1S/C14H12N4O2/c1-7-14(19)18-10-5-9(3-4-12(10)20-7)13-11(6-15)16-8(2)17-13/h3-5,7H,1-2H3,(H,16,17)(H,18,19). The average Bonchev–Trinajstić information content (AvgIpc) is 2.81. The molecule has 20 heavy (non-hydrogen) atoms. The maximum Gasteiger partial charge on any atom is 0.265 e. The first-order chi connectivity index (χ1) is 9.58. The number of carbonyl (C=O) groups excluding carboxylic acids is 1. The quantitative estimate of drug-likeness (QED) is 0.827. The summed E-state index contributed by atoms with van der Waals surface area (Å²) < 4.78 is 5.49. The average molecular weight is 268 g/mol. The molecule has 1 aromatic carbocycles. The number of aromatic nitrogens is 2. The zero-order valence-electron chi connectivity index (χ0n) is 11.0. The van der Waals surface area contributed by atoms with Gasteiger partial charge in [-0.15, -0.1) is 0 Å². The van der Waals surface area contributed by atoms with Gasteiger partial charge in [-0.05, 0) is 32.0 Å². The number of fused-ring (bicyclic) bond motifs is 1. The molecule has 6 nitrogen and oxygen atoms in total. The van der Waals surface area contributed by atoms with E-state index in [9.17, 15) is 4.79 Å². The van der Waals surface area contributed by atoms with Crippen LogP contribution in [0.5, 0.6) is 5.75 Å². The zero-order chi connectivity index (χ0) is 14.3. The lowest BCUT2D eigenvalue weighted by atomic mass is 10.1. The van der Waals surface area contributed by atoms with Crippen LogP contribution in [0.2, 0.25) is 0 Å². The van der Waals surface area contributed by atoms with E-state index in [1.165, 1.54) is 0 Å². The molecule has 1 amide bonds. The summed E-state index contributed by atoms with van der Waals surface area (Å²) in [7, 11) is 0. The van der Waals surface area contributed by atoms with Crippen molar-refractivity contribution in [1.82, 2.24) is 9.97 Å². The van der Waals surface area contributed by atoms with Crippen molar-refractivity contribution in [3.05, 3.63) is 29.7 Å². The Morgan fingerprint density at radius 2 is 2.25 bits per heavy atom. The predicted molar refractivity (Wildman–Crippen MR) is 72.2 cm³/mol. The maximum atomic E-state index is 11.6. The Hall–Kier alpha value is -2.81. The maximum absolute atomic E-state index is 11.6. The Labute approximate surface area is 115 Å². The van der Waals surface area contributed by atoms with Crippen LogP contribution in [0.3, 0.4) is 0 Å². The summed E-state index contributed by atoms with van der Waals surface area (Å²) in [6.45, 7) is 3.48. The van der Waals surface area contributed by atoms with Gasteiger partial charge in [0.05, 0.1) is 11.4 Å². The Balaban J connectivity index is 2.07. The number of nitriles is 1. The molecule has 1 aromatic heterocycles. The van der Waals surface area contributed by atoms with E-state index in [1.54, 1.807) is 26.0 Å². The van der Waals surface area contributed by atoms with Crippen LogP contribution in [0.1, 0.15) is 18.4 Å². The SMILES string of the molecule is Cc1nc(C#N)c(-c2ccc3c(c2)NC(=O)C(C)O3)[nH]1. The van der Waals surface area contributed by atoms with Crippen LogP contribution in [-0.4, -0.2) is 22.0 Å². The number of anilines is 1. The van der Waals surface area contributed by atoms with Crippen LogP contribution in [0.25, 0.3) is 11.3 Å². The molecule has 0 radical (unpaired) electrons. The lowest BCUT2D eigenvalue weighted by Gasteiger charge is -2.23. The number of hydrogen-bond donors (Lipinski definition) is 2. The molecule has 1 aliphatic heterocycles. The molecule has 1 unspecified atom stereocenters. The summed E-state index contributed by atoms with van der Waals surface area (Å²) in [5.41, 5.74) is 2.35. The first-order valence-corrected chi connectivity index (χ1v) is 6.17. The summed E-state index contributed by atoms with van der Waals surface area (Å²) >= 11 is 0. The number of nitrogens with one attached hydrogen (secondary N) is 2. The summed E-state index contributed by atoms with van der Waals surface area (Å²) in [6.07, 6.45) is -0.502. The highest BCUT2D eigenvalue weighted by molar-refractivity contribution is 5.98. The topological polar surface area (TPSA) is 90.8 Å². The number of amides is 1. The molecule has 2 heterocycles. The molecule has 0 saturated heterocycles. The van der Waals surface area contributed by atoms with Gasteiger partial charge in [0.2, 0.25) is 0 Å². The smallest absolute Gasteiger partial charge is 0.265 e. The number of imidazole rings is 1. The minimum absolute atomic E-state index is 0.184. The Morgan fingerprint density at radius 3 is 3.00 bits per heavy atom. The van der Waals surface area contributed by atoms with E-state index < -0.39 is 6.10 Å². The predicted octanol–water partition coefficient (Wildman–Crippen LogP) is 1.98. The van der Waals surface area contributed by atoms with E-state index >= 15 is 0 Å². The molecule has 6 heteroatoms. The number of benzene rings is 1. The molecule has 0 spiro atoms. The second-order valence-electron chi connectivity index (χ2n) is 4.62. The van der Waals surface area contributed by atoms with Crippen molar-refractivity contribution in [2.75, 3.05) is 5.32 Å². The fourth-order valence-electron chi connectivity index (χ4n) is 2.15. The third kappa shape index (κ3) is 1.89. The monoisotopic (exact) mass is 268 g/mol. The fourth-order valence-corrected chi connectivity index (χ4v) is 2.15. The number of aromatic amines is 1. The van der Waals surface area contributed by atoms with Crippen LogP contribution >= 0.6 is 0 Å². The van der Waals surface area contributed by atoms with E-state index in [2.05, 4.69) is 15.3 Å². The molecule has 3 rings (SSSR count). The van der Waals surface area contributed by atoms with Gasteiger partial charge in [0.15, 0.2) is 11.8 Å². The molecule has 1 atom stereocenters. The number of aryl methyl sites for hydroxylation is 1. The van der Waals surface area contributed by atoms with Crippen molar-refractivity contribution < 1.29 is 9.53 Å². The van der Waals surface area contributed by atoms with Crippen molar-refractivity contribution in [3.8, 4) is 23.1 Å². The van der Waals surface area contributed by atoms with Gasteiger partial charge >= 0.3 is 0 Å². The molecule has 0 saturated carbocycles. The lowest BCUT2D eigenvalue weighted by molar-refractivity contribution is -0.122. The number of nitrogens with zero attached hydrogens (tertiary/aromatic N) is 2. The van der Waals surface area contributed by atoms with Crippen molar-refractivity contribution in [2.24, 2.45) is 0 Å². The van der Waals surface area contributed by atoms with Gasteiger partial charge in [-0.2, -0.15) is 5.26 Å². The lowest BCUT2D eigenvalue weighted by Crippen LogP contribution is -2.34. The van der Waals surface area contributed by atoms with E-state index in [-0.39, 0.29) is 5.91 Å². The fraction of sp³-hybridized carbons (Fsp3) is 0.214. The van der Waals surface area contributed by atoms with Crippen molar-refractivity contribution in [1.29, 1.82) is 5.26 Å². The van der Waals surface area contributed by atoms with Gasteiger partial charge in [-0.3, -0.25) is 4.79 Å². The molecule has 2 aromatic rings. The summed E-state index contributed by atoms with van der Waals surface area (Å²) in [4.78, 5) is 18.8. The van der Waals surface area contributed by atoms with Crippen LogP contribution in [-0.2, 0) is 4.79 Å². The second-order valence-corrected chi connectivity index (χ2v) is 4.62. The van der Waals surface area contributed by atoms with Gasteiger partial charge in [0, 0.05) is 5.56 Å². The summed E-state index contributed by atoms with van der Waals surface area (Å²) in [5.74, 6) is 1.11. The zero-order valence-corrected chi connectivity index (χ0v) is 11.0.